The fraction of sp³-hybridized carbons (Fsp3) is 0.148. The first kappa shape index (κ1) is 26.8. The number of H-pyrrole nitrogens is 1. The lowest BCUT2D eigenvalue weighted by Gasteiger charge is -2.25. The molecule has 198 valence electrons. The fourth-order valence-electron chi connectivity index (χ4n) is 4.25. The maximum absolute atomic E-state index is 14.1. The van der Waals surface area contributed by atoms with Gasteiger partial charge in [0.1, 0.15) is 5.82 Å². The molecule has 1 amide bonds. The molecule has 0 aliphatic heterocycles. The highest BCUT2D eigenvalue weighted by Gasteiger charge is 2.30. The van der Waals surface area contributed by atoms with Gasteiger partial charge in [0.05, 0.1) is 27.5 Å². The molecule has 0 saturated heterocycles. The van der Waals surface area contributed by atoms with E-state index in [1.165, 1.54) is 17.0 Å². The second-order valence-corrected chi connectivity index (χ2v) is 10.1. The molecular formula is C27H21Cl3FN7O. The van der Waals surface area contributed by atoms with Crippen molar-refractivity contribution < 1.29 is 9.18 Å². The lowest BCUT2D eigenvalue weighted by molar-refractivity contribution is 0.0735. The number of rotatable bonds is 7. The summed E-state index contributed by atoms with van der Waals surface area (Å²) in [6, 6.07) is 18.3. The minimum Gasteiger partial charge on any atom is -0.334 e. The Balaban J connectivity index is 1.69. The van der Waals surface area contributed by atoms with Gasteiger partial charge in [0.2, 0.25) is 0 Å². The highest BCUT2D eigenvalue weighted by molar-refractivity contribution is 6.32. The van der Waals surface area contributed by atoms with Crippen LogP contribution < -0.4 is 0 Å². The molecule has 12 heteroatoms. The number of carbonyl (C=O) groups is 1. The molecule has 1 atom stereocenters. The average Bonchev–Trinajstić information content (AvgIpc) is 3.58. The molecule has 0 spiro atoms. The zero-order chi connectivity index (χ0) is 27.7. The zero-order valence-corrected chi connectivity index (χ0v) is 23.0. The number of benzene rings is 3. The predicted octanol–water partition coefficient (Wildman–Crippen LogP) is 6.58. The van der Waals surface area contributed by atoms with E-state index in [-0.39, 0.29) is 23.0 Å². The van der Waals surface area contributed by atoms with Crippen LogP contribution in [0, 0.1) is 5.82 Å². The summed E-state index contributed by atoms with van der Waals surface area (Å²) in [6.07, 6.45) is 0.157. The molecule has 0 aliphatic carbocycles. The maximum Gasteiger partial charge on any atom is 0.274 e. The summed E-state index contributed by atoms with van der Waals surface area (Å²) in [5, 5.41) is 20.1. The van der Waals surface area contributed by atoms with Crippen LogP contribution >= 0.6 is 34.8 Å². The normalized spacial score (nSPS) is 11.9. The van der Waals surface area contributed by atoms with Crippen LogP contribution in [0.25, 0.3) is 16.9 Å². The van der Waals surface area contributed by atoms with Crippen LogP contribution in [0.2, 0.25) is 15.1 Å². The Morgan fingerprint density at radius 3 is 2.46 bits per heavy atom. The van der Waals surface area contributed by atoms with Gasteiger partial charge in [-0.3, -0.25) is 4.79 Å². The summed E-state index contributed by atoms with van der Waals surface area (Å²) in [6.45, 7) is 1.82. The standard InChI is InChI=1S/C27H21Cl3FN7O/c1-15(17-9-12-22(31)21(30)13-17)37(2)27(39)25-19(14-24-32-35-36-33-24)26(16-7-10-18(28)11-8-16)38(34-25)23-6-4-3-5-20(23)29/h3-13,15H,14H2,1-2H3,(H,32,33,35,36). The van der Waals surface area contributed by atoms with E-state index in [1.54, 1.807) is 36.0 Å². The first-order valence-electron chi connectivity index (χ1n) is 11.8. The van der Waals surface area contributed by atoms with E-state index < -0.39 is 11.9 Å². The van der Waals surface area contributed by atoms with Crippen LogP contribution in [0.3, 0.4) is 0 Å². The van der Waals surface area contributed by atoms with E-state index in [0.717, 1.165) is 5.56 Å². The van der Waals surface area contributed by atoms with Gasteiger partial charge < -0.3 is 4.90 Å². The molecule has 5 aromatic rings. The minimum atomic E-state index is -0.532. The van der Waals surface area contributed by atoms with Crippen molar-refractivity contribution in [2.45, 2.75) is 19.4 Å². The smallest absolute Gasteiger partial charge is 0.274 e. The van der Waals surface area contributed by atoms with Crippen LogP contribution in [0.4, 0.5) is 4.39 Å². The molecule has 0 fully saturated rings. The summed E-state index contributed by atoms with van der Waals surface area (Å²) in [5.74, 6) is -0.531. The van der Waals surface area contributed by atoms with Crippen LogP contribution in [0.1, 0.15) is 40.4 Å². The Hall–Kier alpha value is -3.79. The molecule has 1 unspecified atom stereocenters. The SMILES string of the molecule is CC(c1ccc(F)c(Cl)c1)N(C)C(=O)c1nn(-c2ccccc2Cl)c(-c2ccc(Cl)cc2)c1Cc1nn[nH]n1. The topological polar surface area (TPSA) is 92.6 Å². The van der Waals surface area contributed by atoms with Crippen LogP contribution in [0.5, 0.6) is 0 Å². The fourth-order valence-corrected chi connectivity index (χ4v) is 4.78. The summed E-state index contributed by atoms with van der Waals surface area (Å²) in [7, 11) is 1.65. The molecule has 8 nitrogen and oxygen atoms in total. The van der Waals surface area contributed by atoms with E-state index in [2.05, 4.69) is 20.6 Å². The Bertz CT molecular complexity index is 1640. The number of tetrazole rings is 1. The number of amides is 1. The highest BCUT2D eigenvalue weighted by Crippen LogP contribution is 2.35. The molecule has 0 radical (unpaired) electrons. The second-order valence-electron chi connectivity index (χ2n) is 8.82. The number of hydrogen-bond acceptors (Lipinski definition) is 5. The summed E-state index contributed by atoms with van der Waals surface area (Å²) in [4.78, 5) is 15.6. The lowest BCUT2D eigenvalue weighted by Crippen LogP contribution is -2.31. The van der Waals surface area contributed by atoms with Gasteiger partial charge in [0.15, 0.2) is 11.5 Å². The Kier molecular flexibility index (Phi) is 7.65. The molecule has 2 aromatic heterocycles. The largest absolute Gasteiger partial charge is 0.334 e. The van der Waals surface area contributed by atoms with Gasteiger partial charge in [-0.05, 0) is 48.9 Å². The quantitative estimate of drug-likeness (QED) is 0.233. The number of halogens is 4. The predicted molar refractivity (Wildman–Crippen MR) is 148 cm³/mol. The lowest BCUT2D eigenvalue weighted by atomic mass is 10.0. The monoisotopic (exact) mass is 583 g/mol. The summed E-state index contributed by atoms with van der Waals surface area (Å²) < 4.78 is 15.4. The zero-order valence-electron chi connectivity index (χ0n) is 20.7. The number of aromatic amines is 1. The van der Waals surface area contributed by atoms with Crippen molar-refractivity contribution in [3.05, 3.63) is 110 Å². The molecule has 39 heavy (non-hydrogen) atoms. The highest BCUT2D eigenvalue weighted by atomic mass is 35.5. The minimum absolute atomic E-state index is 0.0222. The maximum atomic E-state index is 14.1. The summed E-state index contributed by atoms with van der Waals surface area (Å²) in [5.41, 5.74) is 3.37. The van der Waals surface area contributed by atoms with Crippen molar-refractivity contribution in [1.29, 1.82) is 0 Å². The molecule has 5 rings (SSSR count). The Morgan fingerprint density at radius 1 is 1.05 bits per heavy atom. The molecule has 0 aliphatic rings. The number of aromatic nitrogens is 6. The number of para-hydroxylation sites is 1. The summed E-state index contributed by atoms with van der Waals surface area (Å²) >= 11 is 18.8. The van der Waals surface area contributed by atoms with Gasteiger partial charge in [-0.15, -0.1) is 10.2 Å². The second kappa shape index (κ2) is 11.1. The van der Waals surface area contributed by atoms with Gasteiger partial charge >= 0.3 is 0 Å². The van der Waals surface area contributed by atoms with E-state index >= 15 is 0 Å². The van der Waals surface area contributed by atoms with E-state index in [9.17, 15) is 9.18 Å². The molecule has 0 bridgehead atoms. The Morgan fingerprint density at radius 2 is 1.79 bits per heavy atom. The third kappa shape index (κ3) is 5.38. The molecule has 1 N–H and O–H groups in total. The van der Waals surface area contributed by atoms with Crippen LogP contribution in [-0.4, -0.2) is 48.3 Å². The van der Waals surface area contributed by atoms with Crippen molar-refractivity contribution in [1.82, 2.24) is 35.3 Å². The number of nitrogens with one attached hydrogen (secondary N) is 1. The third-order valence-corrected chi connectivity index (χ3v) is 7.30. The molecule has 0 saturated carbocycles. The first-order valence-corrected chi connectivity index (χ1v) is 12.9. The third-order valence-electron chi connectivity index (χ3n) is 6.44. The van der Waals surface area contributed by atoms with Crippen molar-refractivity contribution in [2.24, 2.45) is 0 Å². The Labute approximate surface area is 238 Å². The van der Waals surface area contributed by atoms with E-state index in [4.69, 9.17) is 39.9 Å². The number of carbonyl (C=O) groups excluding carboxylic acids is 1. The molecular weight excluding hydrogens is 564 g/mol. The van der Waals surface area contributed by atoms with Gasteiger partial charge in [-0.2, -0.15) is 10.3 Å². The number of nitrogens with zero attached hydrogens (tertiary/aromatic N) is 6. The molecule has 2 heterocycles. The van der Waals surface area contributed by atoms with Crippen LogP contribution in [0.15, 0.2) is 66.7 Å². The van der Waals surface area contributed by atoms with E-state index in [0.29, 0.717) is 38.4 Å². The van der Waals surface area contributed by atoms with Gasteiger partial charge in [0.25, 0.3) is 5.91 Å². The van der Waals surface area contributed by atoms with Crippen molar-refractivity contribution in [3.63, 3.8) is 0 Å². The number of hydrogen-bond donors (Lipinski definition) is 1. The molecule has 3 aromatic carbocycles. The van der Waals surface area contributed by atoms with Crippen molar-refractivity contribution in [2.75, 3.05) is 7.05 Å². The van der Waals surface area contributed by atoms with E-state index in [1.807, 2.05) is 37.3 Å². The average molecular weight is 585 g/mol. The van der Waals surface area contributed by atoms with Gasteiger partial charge in [-0.1, -0.05) is 70.3 Å². The van der Waals surface area contributed by atoms with Crippen LogP contribution in [-0.2, 0) is 6.42 Å². The first-order chi connectivity index (χ1) is 18.7. The van der Waals surface area contributed by atoms with Gasteiger partial charge in [0, 0.05) is 29.6 Å². The van der Waals surface area contributed by atoms with Gasteiger partial charge in [-0.25, -0.2) is 9.07 Å². The van der Waals surface area contributed by atoms with Crippen molar-refractivity contribution in [3.8, 4) is 16.9 Å². The van der Waals surface area contributed by atoms with Crippen molar-refractivity contribution >= 4 is 40.7 Å².